The number of carbonyl (C=O) groups excluding carboxylic acids is 1. The molecule has 0 heterocycles. The van der Waals surface area contributed by atoms with Crippen LogP contribution in [0.25, 0.3) is 6.08 Å². The second-order valence-corrected chi connectivity index (χ2v) is 16.0. The van der Waals surface area contributed by atoms with E-state index in [9.17, 15) is 9.90 Å². The fourth-order valence-corrected chi connectivity index (χ4v) is 4.13. The second kappa shape index (κ2) is 16.1. The van der Waals surface area contributed by atoms with E-state index in [-0.39, 0.29) is 37.5 Å². The molecule has 0 saturated carbocycles. The Bertz CT molecular complexity index is 1130. The molecular formula is C30H42O8Si. The first-order chi connectivity index (χ1) is 18.6. The van der Waals surface area contributed by atoms with E-state index in [0.717, 1.165) is 11.6 Å². The van der Waals surface area contributed by atoms with Crippen LogP contribution in [0.5, 0.6) is 23.0 Å². The lowest BCUT2D eigenvalue weighted by atomic mass is 10.00. The Morgan fingerprint density at radius 2 is 1.62 bits per heavy atom. The zero-order valence-electron chi connectivity index (χ0n) is 24.2. The molecule has 0 spiro atoms. The van der Waals surface area contributed by atoms with Crippen LogP contribution >= 0.6 is 0 Å². The summed E-state index contributed by atoms with van der Waals surface area (Å²) in [6.07, 6.45) is 5.41. The Morgan fingerprint density at radius 1 is 0.923 bits per heavy atom. The summed E-state index contributed by atoms with van der Waals surface area (Å²) in [5.41, 5.74) is 2.44. The van der Waals surface area contributed by atoms with E-state index in [4.69, 9.17) is 28.4 Å². The largest absolute Gasteiger partial charge is 0.507 e. The molecule has 0 radical (unpaired) electrons. The fourth-order valence-electron chi connectivity index (χ4n) is 3.37. The maximum Gasteiger partial charge on any atom is 0.189 e. The predicted octanol–water partition coefficient (Wildman–Crippen LogP) is 6.45. The third kappa shape index (κ3) is 11.3. The van der Waals surface area contributed by atoms with Crippen molar-refractivity contribution < 1.29 is 38.3 Å². The van der Waals surface area contributed by atoms with Crippen LogP contribution in [0.4, 0.5) is 0 Å². The van der Waals surface area contributed by atoms with Crippen LogP contribution in [0.1, 0.15) is 35.3 Å². The van der Waals surface area contributed by atoms with Crippen LogP contribution in [0, 0.1) is 0 Å². The monoisotopic (exact) mass is 558 g/mol. The average Bonchev–Trinajstić information content (AvgIpc) is 2.88. The SMILES string of the molecule is COCOc1ccc(/C=C/C(=O)c2ccc(OCOCC[Si](C)(C)C)c(CC=C(C)C)c2O)c(OCOC)c1. The van der Waals surface area contributed by atoms with Crippen molar-refractivity contribution in [1.82, 2.24) is 0 Å². The highest BCUT2D eigenvalue weighted by Gasteiger charge is 2.18. The number of benzene rings is 2. The molecule has 0 aliphatic heterocycles. The Kier molecular flexibility index (Phi) is 13.2. The van der Waals surface area contributed by atoms with Gasteiger partial charge >= 0.3 is 0 Å². The highest BCUT2D eigenvalue weighted by molar-refractivity contribution is 6.76. The van der Waals surface area contributed by atoms with Gasteiger partial charge in [0.15, 0.2) is 26.2 Å². The van der Waals surface area contributed by atoms with Gasteiger partial charge in [-0.3, -0.25) is 4.79 Å². The van der Waals surface area contributed by atoms with E-state index in [2.05, 4.69) is 19.6 Å². The highest BCUT2D eigenvalue weighted by Crippen LogP contribution is 2.34. The molecule has 0 aliphatic carbocycles. The maximum atomic E-state index is 13.1. The number of carbonyl (C=O) groups is 1. The van der Waals surface area contributed by atoms with Crippen molar-refractivity contribution in [1.29, 1.82) is 0 Å². The van der Waals surface area contributed by atoms with Crippen LogP contribution in [-0.2, 0) is 20.6 Å². The molecule has 0 aliphatic rings. The second-order valence-electron chi connectivity index (χ2n) is 10.4. The van der Waals surface area contributed by atoms with Gasteiger partial charge in [-0.05, 0) is 62.7 Å². The third-order valence-corrected chi connectivity index (χ3v) is 7.29. The van der Waals surface area contributed by atoms with Crippen molar-refractivity contribution in [2.75, 3.05) is 41.2 Å². The maximum absolute atomic E-state index is 13.1. The Morgan fingerprint density at radius 3 is 2.28 bits per heavy atom. The van der Waals surface area contributed by atoms with Crippen LogP contribution < -0.4 is 14.2 Å². The van der Waals surface area contributed by atoms with Crippen molar-refractivity contribution in [3.8, 4) is 23.0 Å². The van der Waals surface area contributed by atoms with E-state index in [1.165, 1.54) is 20.3 Å². The van der Waals surface area contributed by atoms with Gasteiger partial charge in [0.2, 0.25) is 0 Å². The lowest BCUT2D eigenvalue weighted by Crippen LogP contribution is -2.22. The number of rotatable bonds is 17. The van der Waals surface area contributed by atoms with Gasteiger partial charge in [0.05, 0.1) is 5.56 Å². The molecular weight excluding hydrogens is 516 g/mol. The zero-order chi connectivity index (χ0) is 28.8. The average molecular weight is 559 g/mol. The summed E-state index contributed by atoms with van der Waals surface area (Å²) in [6.45, 7) is 11.6. The molecule has 1 N–H and O–H groups in total. The first-order valence-electron chi connectivity index (χ1n) is 12.8. The van der Waals surface area contributed by atoms with Crippen molar-refractivity contribution in [2.45, 2.75) is 46.0 Å². The van der Waals surface area contributed by atoms with Crippen molar-refractivity contribution >= 4 is 19.9 Å². The topological polar surface area (TPSA) is 92.7 Å². The summed E-state index contributed by atoms with van der Waals surface area (Å²) in [5, 5.41) is 11.1. The summed E-state index contributed by atoms with van der Waals surface area (Å²) in [7, 11) is 1.86. The van der Waals surface area contributed by atoms with E-state index >= 15 is 0 Å². The van der Waals surface area contributed by atoms with E-state index < -0.39 is 8.07 Å². The smallest absolute Gasteiger partial charge is 0.189 e. The molecule has 0 atom stereocenters. The standard InChI is InChI=1S/C30H42O8Si/c1-22(2)8-12-26-28(38-21-35-16-17-39(5,6)7)15-13-25(30(26)32)27(31)14-10-23-9-11-24(36-19-33-3)18-29(23)37-20-34-4/h8-11,13-15,18,32H,12,16-17,19-21H2,1-7H3/b14-10+. The summed E-state index contributed by atoms with van der Waals surface area (Å²) >= 11 is 0. The summed E-state index contributed by atoms with van der Waals surface area (Å²) in [5.74, 6) is 1.04. The van der Waals surface area contributed by atoms with Crippen molar-refractivity contribution in [3.05, 3.63) is 64.7 Å². The lowest BCUT2D eigenvalue weighted by molar-refractivity contribution is 0.0214. The number of hydrogen-bond donors (Lipinski definition) is 1. The van der Waals surface area contributed by atoms with E-state index in [0.29, 0.717) is 41.4 Å². The molecule has 0 saturated heterocycles. The fraction of sp³-hybridized carbons (Fsp3) is 0.433. The molecule has 0 amide bonds. The van der Waals surface area contributed by atoms with Gasteiger partial charge in [0.1, 0.15) is 23.0 Å². The number of aromatic hydroxyl groups is 1. The van der Waals surface area contributed by atoms with Crippen LogP contribution in [-0.4, -0.2) is 60.2 Å². The number of phenols is 1. The van der Waals surface area contributed by atoms with E-state index in [1.54, 1.807) is 36.4 Å². The van der Waals surface area contributed by atoms with Crippen LogP contribution in [0.2, 0.25) is 25.7 Å². The van der Waals surface area contributed by atoms with Crippen LogP contribution in [0.15, 0.2) is 48.1 Å². The number of ketones is 1. The minimum Gasteiger partial charge on any atom is -0.507 e. The van der Waals surface area contributed by atoms with Gasteiger partial charge in [-0.25, -0.2) is 0 Å². The van der Waals surface area contributed by atoms with Gasteiger partial charge in [0, 0.05) is 46.1 Å². The summed E-state index contributed by atoms with van der Waals surface area (Å²) in [4.78, 5) is 13.1. The molecule has 9 heteroatoms. The molecule has 0 fully saturated rings. The molecule has 8 nitrogen and oxygen atoms in total. The van der Waals surface area contributed by atoms with Crippen LogP contribution in [0.3, 0.4) is 0 Å². The molecule has 39 heavy (non-hydrogen) atoms. The first-order valence-corrected chi connectivity index (χ1v) is 16.5. The number of allylic oxidation sites excluding steroid dienone is 3. The molecule has 2 aromatic rings. The molecule has 2 rings (SSSR count). The quantitative estimate of drug-likeness (QED) is 0.0591. The Balaban J connectivity index is 2.25. The minimum atomic E-state index is -1.20. The lowest BCUT2D eigenvalue weighted by Gasteiger charge is -2.17. The summed E-state index contributed by atoms with van der Waals surface area (Å²) in [6, 6.07) is 9.50. The third-order valence-electron chi connectivity index (χ3n) is 5.59. The van der Waals surface area contributed by atoms with Gasteiger partial charge in [-0.2, -0.15) is 0 Å². The number of ether oxygens (including phenoxy) is 6. The predicted molar refractivity (Wildman–Crippen MR) is 156 cm³/mol. The number of phenolic OH excluding ortho intramolecular Hbond substituents is 1. The number of hydrogen-bond acceptors (Lipinski definition) is 8. The zero-order valence-corrected chi connectivity index (χ0v) is 25.2. The molecule has 0 bridgehead atoms. The molecule has 0 unspecified atom stereocenters. The van der Waals surface area contributed by atoms with Gasteiger partial charge in [-0.1, -0.05) is 31.3 Å². The van der Waals surface area contributed by atoms with Gasteiger partial charge in [0.25, 0.3) is 0 Å². The number of methoxy groups -OCH3 is 2. The van der Waals surface area contributed by atoms with Gasteiger partial charge in [-0.15, -0.1) is 0 Å². The highest BCUT2D eigenvalue weighted by atomic mass is 28.3. The Labute approximate surface area is 233 Å². The Hall–Kier alpha value is -3.11. The molecule has 2 aromatic carbocycles. The first kappa shape index (κ1) is 32.1. The van der Waals surface area contributed by atoms with Crippen molar-refractivity contribution in [3.63, 3.8) is 0 Å². The molecule has 214 valence electrons. The summed E-state index contributed by atoms with van der Waals surface area (Å²) < 4.78 is 32.6. The van der Waals surface area contributed by atoms with Gasteiger partial charge < -0.3 is 33.5 Å². The molecule has 0 aromatic heterocycles. The minimum absolute atomic E-state index is 0.0281. The van der Waals surface area contributed by atoms with E-state index in [1.807, 2.05) is 19.9 Å². The van der Waals surface area contributed by atoms with Crippen molar-refractivity contribution in [2.24, 2.45) is 0 Å². The normalized spacial score (nSPS) is 11.5.